The van der Waals surface area contributed by atoms with Crippen molar-refractivity contribution in [2.45, 2.75) is 17.7 Å². The first-order valence-corrected chi connectivity index (χ1v) is 13.2. The van der Waals surface area contributed by atoms with E-state index in [2.05, 4.69) is 34.6 Å². The Hall–Kier alpha value is -2.57. The lowest BCUT2D eigenvalue weighted by atomic mass is 10.1. The molecule has 0 saturated heterocycles. The van der Waals surface area contributed by atoms with Gasteiger partial charge in [0.05, 0.1) is 11.4 Å². The summed E-state index contributed by atoms with van der Waals surface area (Å²) in [4.78, 5) is 18.2. The lowest BCUT2D eigenvalue weighted by Gasteiger charge is -2.05. The van der Waals surface area contributed by atoms with Crippen molar-refractivity contribution in [2.24, 2.45) is 0 Å². The smallest absolute Gasteiger partial charge is 0.234 e. The van der Waals surface area contributed by atoms with Crippen LogP contribution in [0.1, 0.15) is 27.3 Å². The summed E-state index contributed by atoms with van der Waals surface area (Å²) in [6.45, 7) is 1.97. The molecule has 0 aliphatic rings. The number of amides is 1. The third-order valence-corrected chi connectivity index (χ3v) is 7.92. The molecule has 172 valence electrons. The number of nitrogens with one attached hydrogen (secondary N) is 1. The van der Waals surface area contributed by atoms with Gasteiger partial charge in [-0.1, -0.05) is 89.6 Å². The quantitative estimate of drug-likeness (QED) is 0.186. The van der Waals surface area contributed by atoms with Crippen molar-refractivity contribution < 1.29 is 4.79 Å². The Bertz CT molecular complexity index is 1300. The Balaban J connectivity index is 1.30. The number of nitrogens with zero attached hydrogens (tertiary/aromatic N) is 1. The van der Waals surface area contributed by atoms with E-state index in [-0.39, 0.29) is 5.91 Å². The van der Waals surface area contributed by atoms with Crippen LogP contribution in [0.5, 0.6) is 0 Å². The number of aryl methyl sites for hydroxylation is 1. The molecule has 1 aromatic heterocycles. The van der Waals surface area contributed by atoms with Crippen molar-refractivity contribution >= 4 is 70.0 Å². The van der Waals surface area contributed by atoms with Crippen LogP contribution in [0.4, 0.5) is 5.69 Å². The molecule has 34 heavy (non-hydrogen) atoms. The van der Waals surface area contributed by atoms with E-state index >= 15 is 0 Å². The molecule has 1 amide bonds. The van der Waals surface area contributed by atoms with Crippen LogP contribution in [0.25, 0.3) is 12.2 Å². The molecule has 7 heteroatoms. The van der Waals surface area contributed by atoms with E-state index in [1.165, 1.54) is 11.8 Å². The fraction of sp³-hybridized carbons (Fsp3) is 0.111. The fourth-order valence-corrected chi connectivity index (χ4v) is 5.67. The maximum Gasteiger partial charge on any atom is 0.234 e. The minimum atomic E-state index is -0.0649. The van der Waals surface area contributed by atoms with Gasteiger partial charge >= 0.3 is 0 Å². The van der Waals surface area contributed by atoms with Crippen molar-refractivity contribution in [2.75, 3.05) is 11.1 Å². The molecule has 4 rings (SSSR count). The monoisotopic (exact) mass is 524 g/mol. The average Bonchev–Trinajstić information content (AvgIpc) is 3.19. The van der Waals surface area contributed by atoms with Crippen LogP contribution in [0.2, 0.25) is 10.0 Å². The second kappa shape index (κ2) is 11.7. The lowest BCUT2D eigenvalue weighted by molar-refractivity contribution is -0.113. The molecule has 0 unspecified atom stereocenters. The number of aromatic nitrogens is 1. The van der Waals surface area contributed by atoms with Gasteiger partial charge in [-0.05, 0) is 53.9 Å². The molecule has 3 nitrogen and oxygen atoms in total. The summed E-state index contributed by atoms with van der Waals surface area (Å²) in [5.74, 6) is 0.227. The van der Waals surface area contributed by atoms with Gasteiger partial charge in [-0.25, -0.2) is 4.98 Å². The number of thiazole rings is 1. The maximum atomic E-state index is 12.4. The zero-order valence-electron chi connectivity index (χ0n) is 18.4. The summed E-state index contributed by atoms with van der Waals surface area (Å²) in [5, 5.41) is 4.30. The number of anilines is 1. The fourth-order valence-electron chi connectivity index (χ4n) is 3.24. The standard InChI is InChI=1S/C27H22Cl2N2OS2/c1-18-25(16-21-15-22(28)11-14-24(21)29)34-27(30-18)33-17-26(32)31-23-12-9-20(10-13-23)8-7-19-5-3-2-4-6-19/h2-15H,16-17H2,1H3,(H,31,32)/b8-7+. The van der Waals surface area contributed by atoms with Crippen LogP contribution in [-0.2, 0) is 11.2 Å². The molecule has 4 aromatic rings. The molecule has 0 fully saturated rings. The van der Waals surface area contributed by atoms with Crippen molar-refractivity contribution in [3.8, 4) is 0 Å². The molecule has 0 atom stereocenters. The molecule has 0 radical (unpaired) electrons. The van der Waals surface area contributed by atoms with Gasteiger partial charge in [0.15, 0.2) is 4.34 Å². The first kappa shape index (κ1) is 24.6. The second-order valence-electron chi connectivity index (χ2n) is 7.60. The van der Waals surface area contributed by atoms with Crippen LogP contribution in [0.3, 0.4) is 0 Å². The van der Waals surface area contributed by atoms with Crippen LogP contribution < -0.4 is 5.32 Å². The van der Waals surface area contributed by atoms with Gasteiger partial charge in [0.1, 0.15) is 0 Å². The number of thioether (sulfide) groups is 1. The largest absolute Gasteiger partial charge is 0.325 e. The Morgan fingerprint density at radius 1 is 1.00 bits per heavy atom. The maximum absolute atomic E-state index is 12.4. The van der Waals surface area contributed by atoms with Crippen LogP contribution in [0, 0.1) is 6.92 Å². The first-order valence-electron chi connectivity index (χ1n) is 10.6. The molecule has 0 bridgehead atoms. The number of carbonyl (C=O) groups excluding carboxylic acids is 1. The summed E-state index contributed by atoms with van der Waals surface area (Å²) < 4.78 is 0.863. The predicted molar refractivity (Wildman–Crippen MR) is 147 cm³/mol. The van der Waals surface area contributed by atoms with Crippen molar-refractivity contribution in [3.05, 3.63) is 110 Å². The molecule has 0 aliphatic heterocycles. The highest BCUT2D eigenvalue weighted by molar-refractivity contribution is 8.01. The van der Waals surface area contributed by atoms with Crippen LogP contribution in [-0.4, -0.2) is 16.6 Å². The molecule has 0 saturated carbocycles. The highest BCUT2D eigenvalue weighted by atomic mass is 35.5. The van der Waals surface area contributed by atoms with E-state index in [4.69, 9.17) is 23.2 Å². The SMILES string of the molecule is Cc1nc(SCC(=O)Nc2ccc(/C=C/c3ccccc3)cc2)sc1Cc1cc(Cl)ccc1Cl. The highest BCUT2D eigenvalue weighted by Gasteiger charge is 2.13. The molecular formula is C27H22Cl2N2OS2. The summed E-state index contributed by atoms with van der Waals surface area (Å²) >= 11 is 15.4. The van der Waals surface area contributed by atoms with Crippen molar-refractivity contribution in [3.63, 3.8) is 0 Å². The third kappa shape index (κ3) is 6.97. The highest BCUT2D eigenvalue weighted by Crippen LogP contribution is 2.31. The molecular weight excluding hydrogens is 503 g/mol. The van der Waals surface area contributed by atoms with Gasteiger partial charge in [0, 0.05) is 27.0 Å². The molecule has 3 aromatic carbocycles. The summed E-state index contributed by atoms with van der Waals surface area (Å²) in [6, 6.07) is 23.4. The number of benzene rings is 3. The molecule has 1 N–H and O–H groups in total. The van der Waals surface area contributed by atoms with E-state index in [9.17, 15) is 4.79 Å². The second-order valence-corrected chi connectivity index (χ2v) is 10.8. The zero-order valence-corrected chi connectivity index (χ0v) is 21.6. The van der Waals surface area contributed by atoms with Crippen molar-refractivity contribution in [1.29, 1.82) is 0 Å². The van der Waals surface area contributed by atoms with Gasteiger partial charge in [-0.2, -0.15) is 0 Å². The molecule has 0 aliphatic carbocycles. The molecule has 0 spiro atoms. The zero-order chi connectivity index (χ0) is 23.9. The van der Waals surface area contributed by atoms with Crippen LogP contribution >= 0.6 is 46.3 Å². The Kier molecular flexibility index (Phi) is 8.46. The average molecular weight is 526 g/mol. The number of carbonyl (C=O) groups is 1. The minimum absolute atomic E-state index is 0.0649. The normalized spacial score (nSPS) is 11.1. The van der Waals surface area contributed by atoms with Crippen LogP contribution in [0.15, 0.2) is 77.1 Å². The Labute approximate surface area is 217 Å². The van der Waals surface area contributed by atoms with Gasteiger partial charge in [0.2, 0.25) is 5.91 Å². The van der Waals surface area contributed by atoms with E-state index in [0.717, 1.165) is 37.3 Å². The topological polar surface area (TPSA) is 42.0 Å². The van der Waals surface area contributed by atoms with E-state index in [1.54, 1.807) is 17.4 Å². The Morgan fingerprint density at radius 2 is 1.71 bits per heavy atom. The Morgan fingerprint density at radius 3 is 2.44 bits per heavy atom. The van der Waals surface area contributed by atoms with E-state index in [1.807, 2.05) is 61.5 Å². The van der Waals surface area contributed by atoms with E-state index in [0.29, 0.717) is 22.2 Å². The number of hydrogen-bond donors (Lipinski definition) is 1. The van der Waals surface area contributed by atoms with Crippen molar-refractivity contribution in [1.82, 2.24) is 4.98 Å². The van der Waals surface area contributed by atoms with Gasteiger partial charge in [-0.3, -0.25) is 4.79 Å². The van der Waals surface area contributed by atoms with Gasteiger partial charge < -0.3 is 5.32 Å². The summed E-state index contributed by atoms with van der Waals surface area (Å²) in [7, 11) is 0. The van der Waals surface area contributed by atoms with Gasteiger partial charge in [-0.15, -0.1) is 11.3 Å². The number of halogens is 2. The summed E-state index contributed by atoms with van der Waals surface area (Å²) in [5.41, 5.74) is 4.91. The van der Waals surface area contributed by atoms with E-state index < -0.39 is 0 Å². The molecule has 1 heterocycles. The predicted octanol–water partition coefficient (Wildman–Crippen LogP) is 8.25. The lowest BCUT2D eigenvalue weighted by Crippen LogP contribution is -2.13. The number of rotatable bonds is 8. The van der Waals surface area contributed by atoms with Gasteiger partial charge in [0.25, 0.3) is 0 Å². The summed E-state index contributed by atoms with van der Waals surface area (Å²) in [6.07, 6.45) is 4.78. The third-order valence-electron chi connectivity index (χ3n) is 5.02. The minimum Gasteiger partial charge on any atom is -0.325 e. The first-order chi connectivity index (χ1) is 16.5. The number of hydrogen-bond acceptors (Lipinski definition) is 4.